The molecule has 0 spiro atoms. The minimum atomic E-state index is -0.327. The number of carbonyl (C=O) groups excluding carboxylic acids is 1. The summed E-state index contributed by atoms with van der Waals surface area (Å²) in [4.78, 5) is 16.3. The van der Waals surface area contributed by atoms with E-state index in [-0.39, 0.29) is 24.7 Å². The molecule has 7 nitrogen and oxygen atoms in total. The molecule has 2 bridgehead atoms. The fraction of sp³-hybridized carbons (Fsp3) is 0.387. The Morgan fingerprint density at radius 3 is 2.56 bits per heavy atom. The van der Waals surface area contributed by atoms with E-state index in [1.807, 2.05) is 31.2 Å². The van der Waals surface area contributed by atoms with Gasteiger partial charge in [-0.15, -0.1) is 0 Å². The summed E-state index contributed by atoms with van der Waals surface area (Å²) in [6.45, 7) is 9.24. The van der Waals surface area contributed by atoms with Crippen molar-refractivity contribution in [1.29, 1.82) is 0 Å². The number of pyridine rings is 1. The normalized spacial score (nSPS) is 26.9. The first kappa shape index (κ1) is 25.8. The number of nitrogens with one attached hydrogen (secondary N) is 1. The highest BCUT2D eigenvalue weighted by atomic mass is 16.7. The summed E-state index contributed by atoms with van der Waals surface area (Å²) in [6.07, 6.45) is 5.64. The lowest BCUT2D eigenvalue weighted by molar-refractivity contribution is -0.199. The third-order valence-corrected chi connectivity index (χ3v) is 9.14. The van der Waals surface area contributed by atoms with Gasteiger partial charge in [0, 0.05) is 23.5 Å². The Morgan fingerprint density at radius 2 is 1.82 bits per heavy atom. The third kappa shape index (κ3) is 4.66. The van der Waals surface area contributed by atoms with Gasteiger partial charge in [-0.3, -0.25) is 9.78 Å². The van der Waals surface area contributed by atoms with Gasteiger partial charge in [0.15, 0.2) is 0 Å². The van der Waals surface area contributed by atoms with Gasteiger partial charge in [-0.25, -0.2) is 5.43 Å². The van der Waals surface area contributed by atoms with Gasteiger partial charge in [0.1, 0.15) is 12.4 Å². The molecule has 7 rings (SSSR count). The maximum atomic E-state index is 12.3. The van der Waals surface area contributed by atoms with Crippen LogP contribution in [0.1, 0.15) is 62.0 Å². The standard InChI is InChI=1S/C31H34BN3O4/c1-20(34-35-29(36)22-13-15-33-16-14-22)25-7-5-6-8-26(25)37-19-21-9-11-24(12-10-21)32-38-28-18-23-17-27(30(23,2)3)31(28,4)39-32/h5-16,23,27-28H,17-19H2,1-4H3,(H,35,36)/b34-20+. The van der Waals surface area contributed by atoms with E-state index in [9.17, 15) is 4.79 Å². The van der Waals surface area contributed by atoms with E-state index in [0.717, 1.165) is 28.9 Å². The zero-order chi connectivity index (χ0) is 27.2. The average molecular weight is 523 g/mol. The highest BCUT2D eigenvalue weighted by Crippen LogP contribution is 2.65. The Balaban J connectivity index is 1.09. The number of amides is 1. The van der Waals surface area contributed by atoms with Crippen LogP contribution in [0.2, 0.25) is 0 Å². The van der Waals surface area contributed by atoms with Gasteiger partial charge in [-0.1, -0.05) is 50.2 Å². The summed E-state index contributed by atoms with van der Waals surface area (Å²) in [7, 11) is -0.327. The van der Waals surface area contributed by atoms with Crippen LogP contribution in [0.25, 0.3) is 0 Å². The van der Waals surface area contributed by atoms with Crippen molar-refractivity contribution in [3.8, 4) is 5.75 Å². The highest BCUT2D eigenvalue weighted by molar-refractivity contribution is 6.62. The fourth-order valence-electron chi connectivity index (χ4n) is 6.59. The van der Waals surface area contributed by atoms with Gasteiger partial charge >= 0.3 is 7.12 Å². The molecular weight excluding hydrogens is 489 g/mol. The molecule has 200 valence electrons. The van der Waals surface area contributed by atoms with Crippen LogP contribution in [0.3, 0.4) is 0 Å². The summed E-state index contributed by atoms with van der Waals surface area (Å²) in [6, 6.07) is 19.2. The maximum absolute atomic E-state index is 12.3. The molecule has 2 heterocycles. The number of hydrogen-bond donors (Lipinski definition) is 1. The van der Waals surface area contributed by atoms with Gasteiger partial charge in [0.05, 0.1) is 17.4 Å². The Labute approximate surface area is 230 Å². The number of para-hydroxylation sites is 1. The molecule has 1 aliphatic heterocycles. The SMILES string of the molecule is C/C(=N\NC(=O)c1ccncc1)c1ccccc1OCc1ccc(B2OC3CC4CC(C4(C)C)C3(C)O2)cc1. The largest absolute Gasteiger partial charge is 0.494 e. The van der Waals surface area contributed by atoms with Crippen molar-refractivity contribution >= 4 is 24.2 Å². The van der Waals surface area contributed by atoms with Gasteiger partial charge < -0.3 is 14.0 Å². The van der Waals surface area contributed by atoms with Crippen molar-refractivity contribution in [3.63, 3.8) is 0 Å². The molecule has 3 saturated carbocycles. The summed E-state index contributed by atoms with van der Waals surface area (Å²) in [5, 5.41) is 4.28. The second-order valence-corrected chi connectivity index (χ2v) is 11.7. The maximum Gasteiger partial charge on any atom is 0.494 e. The molecule has 1 aromatic heterocycles. The van der Waals surface area contributed by atoms with E-state index in [1.54, 1.807) is 24.5 Å². The first-order valence-electron chi connectivity index (χ1n) is 13.6. The smallest absolute Gasteiger partial charge is 0.488 e. The summed E-state index contributed by atoms with van der Waals surface area (Å²) < 4.78 is 19.2. The molecule has 0 radical (unpaired) electrons. The van der Waals surface area contributed by atoms with E-state index in [4.69, 9.17) is 14.0 Å². The van der Waals surface area contributed by atoms with Gasteiger partial charge in [0.25, 0.3) is 5.91 Å². The molecular formula is C31H34BN3O4. The van der Waals surface area contributed by atoms with Crippen LogP contribution >= 0.6 is 0 Å². The number of carbonyl (C=O) groups is 1. The molecule has 1 amide bonds. The van der Waals surface area contributed by atoms with E-state index < -0.39 is 0 Å². The van der Waals surface area contributed by atoms with Crippen LogP contribution in [0.15, 0.2) is 78.2 Å². The Bertz CT molecular complexity index is 1390. The van der Waals surface area contributed by atoms with E-state index >= 15 is 0 Å². The van der Waals surface area contributed by atoms with E-state index in [1.165, 1.54) is 6.42 Å². The Morgan fingerprint density at radius 1 is 1.08 bits per heavy atom. The van der Waals surface area contributed by atoms with E-state index in [2.05, 4.69) is 60.5 Å². The second kappa shape index (κ2) is 9.92. The topological polar surface area (TPSA) is 82.0 Å². The van der Waals surface area contributed by atoms with Crippen molar-refractivity contribution in [3.05, 3.63) is 89.7 Å². The Hall–Kier alpha value is -3.49. The monoisotopic (exact) mass is 523 g/mol. The molecule has 4 fully saturated rings. The Kier molecular flexibility index (Phi) is 6.56. The zero-order valence-corrected chi connectivity index (χ0v) is 22.9. The van der Waals surface area contributed by atoms with Gasteiger partial charge in [-0.05, 0) is 79.2 Å². The summed E-state index contributed by atoms with van der Waals surface area (Å²) in [5.74, 6) is 1.68. The lowest BCUT2D eigenvalue weighted by Crippen LogP contribution is -2.65. The number of nitrogens with zero attached hydrogens (tertiary/aromatic N) is 2. The quantitative estimate of drug-likeness (QED) is 0.275. The number of rotatable bonds is 7. The van der Waals surface area contributed by atoms with Crippen molar-refractivity contribution < 1.29 is 18.8 Å². The number of aromatic nitrogens is 1. The van der Waals surface area contributed by atoms with Crippen molar-refractivity contribution in [2.75, 3.05) is 0 Å². The molecule has 39 heavy (non-hydrogen) atoms. The number of benzene rings is 2. The summed E-state index contributed by atoms with van der Waals surface area (Å²) >= 11 is 0. The van der Waals surface area contributed by atoms with Crippen LogP contribution in [0.4, 0.5) is 0 Å². The molecule has 4 atom stereocenters. The fourth-order valence-corrected chi connectivity index (χ4v) is 6.59. The van der Waals surface area contributed by atoms with Crippen LogP contribution in [0, 0.1) is 17.3 Å². The molecule has 4 unspecified atom stereocenters. The number of hydrazone groups is 1. The minimum Gasteiger partial charge on any atom is -0.488 e. The minimum absolute atomic E-state index is 0.165. The molecule has 4 aliphatic rings. The molecule has 3 aliphatic carbocycles. The first-order chi connectivity index (χ1) is 18.8. The molecule has 1 saturated heterocycles. The third-order valence-electron chi connectivity index (χ3n) is 9.14. The molecule has 2 aromatic carbocycles. The number of ether oxygens (including phenoxy) is 1. The average Bonchev–Trinajstić information content (AvgIpc) is 3.32. The van der Waals surface area contributed by atoms with Crippen LogP contribution < -0.4 is 15.6 Å². The lowest BCUT2D eigenvalue weighted by atomic mass is 9.43. The van der Waals surface area contributed by atoms with Gasteiger partial charge in [-0.2, -0.15) is 5.10 Å². The van der Waals surface area contributed by atoms with Crippen molar-refractivity contribution in [1.82, 2.24) is 10.4 Å². The summed E-state index contributed by atoms with van der Waals surface area (Å²) in [5.41, 5.74) is 6.75. The highest BCUT2D eigenvalue weighted by Gasteiger charge is 2.67. The lowest BCUT2D eigenvalue weighted by Gasteiger charge is -2.64. The molecule has 3 aromatic rings. The predicted octanol–water partition coefficient (Wildman–Crippen LogP) is 4.75. The zero-order valence-electron chi connectivity index (χ0n) is 22.9. The van der Waals surface area contributed by atoms with Crippen molar-refractivity contribution in [2.45, 2.75) is 58.8 Å². The van der Waals surface area contributed by atoms with Crippen LogP contribution in [0.5, 0.6) is 5.75 Å². The predicted molar refractivity (Wildman–Crippen MR) is 151 cm³/mol. The van der Waals surface area contributed by atoms with Crippen LogP contribution in [-0.2, 0) is 15.9 Å². The van der Waals surface area contributed by atoms with Crippen molar-refractivity contribution in [2.24, 2.45) is 22.4 Å². The van der Waals surface area contributed by atoms with E-state index in [0.29, 0.717) is 35.0 Å². The van der Waals surface area contributed by atoms with Crippen LogP contribution in [-0.4, -0.2) is 35.4 Å². The second-order valence-electron chi connectivity index (χ2n) is 11.7. The molecule has 1 N–H and O–H groups in total. The van der Waals surface area contributed by atoms with Gasteiger partial charge in [0.2, 0.25) is 0 Å². The molecule has 8 heteroatoms. The number of hydrogen-bond acceptors (Lipinski definition) is 6. The first-order valence-corrected chi connectivity index (χ1v) is 13.6.